The quantitative estimate of drug-likeness (QED) is 0.744. The highest BCUT2D eigenvalue weighted by atomic mass is 79.9. The van der Waals surface area contributed by atoms with Crippen molar-refractivity contribution in [3.05, 3.63) is 10.3 Å². The van der Waals surface area contributed by atoms with Crippen molar-refractivity contribution in [1.82, 2.24) is 15.2 Å². The molecule has 12 heavy (non-hydrogen) atoms. The fourth-order valence-corrected chi connectivity index (χ4v) is 0.899. The number of nitrogens with two attached hydrogens (primary N) is 1. The molecule has 0 saturated heterocycles. The molecule has 0 unspecified atom stereocenters. The van der Waals surface area contributed by atoms with E-state index in [-0.39, 0.29) is 0 Å². The van der Waals surface area contributed by atoms with Gasteiger partial charge in [0.2, 0.25) is 5.95 Å². The Hall–Kier alpha value is -0.920. The number of aromatic nitrogens is 3. The van der Waals surface area contributed by atoms with Gasteiger partial charge in [-0.05, 0) is 15.9 Å². The van der Waals surface area contributed by atoms with Crippen LogP contribution in [0.2, 0.25) is 0 Å². The number of hydrogen-bond acceptors (Lipinski definition) is 4. The lowest BCUT2D eigenvalue weighted by molar-refractivity contribution is -0.142. The Morgan fingerprint density at radius 2 is 1.83 bits per heavy atom. The van der Waals surface area contributed by atoms with Crippen molar-refractivity contribution in [2.75, 3.05) is 5.73 Å². The van der Waals surface area contributed by atoms with Gasteiger partial charge in [-0.2, -0.15) is 13.2 Å². The number of anilines is 1. The Balaban J connectivity index is 3.23. The van der Waals surface area contributed by atoms with Crippen LogP contribution >= 0.6 is 15.9 Å². The van der Waals surface area contributed by atoms with E-state index in [1.165, 1.54) is 0 Å². The maximum atomic E-state index is 12.0. The first-order valence-electron chi connectivity index (χ1n) is 2.64. The van der Waals surface area contributed by atoms with E-state index in [1.54, 1.807) is 0 Å². The first-order valence-corrected chi connectivity index (χ1v) is 3.43. The summed E-state index contributed by atoms with van der Waals surface area (Å²) in [7, 11) is 0. The Morgan fingerprint density at radius 1 is 1.25 bits per heavy atom. The molecule has 8 heteroatoms. The number of hydrogen-bond donors (Lipinski definition) is 1. The summed E-state index contributed by atoms with van der Waals surface area (Å²) in [6, 6.07) is 0. The molecule has 2 N–H and O–H groups in total. The molecule has 1 heterocycles. The zero-order valence-electron chi connectivity index (χ0n) is 5.43. The summed E-state index contributed by atoms with van der Waals surface area (Å²) in [6.45, 7) is 0. The van der Waals surface area contributed by atoms with Crippen LogP contribution in [0.1, 0.15) is 5.69 Å². The molecule has 0 bridgehead atoms. The van der Waals surface area contributed by atoms with Crippen molar-refractivity contribution < 1.29 is 13.2 Å². The largest absolute Gasteiger partial charge is 0.436 e. The molecule has 0 aliphatic carbocycles. The highest BCUT2D eigenvalue weighted by Crippen LogP contribution is 2.31. The minimum Gasteiger partial charge on any atom is -0.366 e. The minimum atomic E-state index is -4.57. The number of rotatable bonds is 0. The smallest absolute Gasteiger partial charge is 0.366 e. The predicted molar refractivity (Wildman–Crippen MR) is 36.9 cm³/mol. The lowest BCUT2D eigenvalue weighted by Gasteiger charge is -2.05. The highest BCUT2D eigenvalue weighted by molar-refractivity contribution is 9.10. The van der Waals surface area contributed by atoms with Crippen molar-refractivity contribution in [2.24, 2.45) is 0 Å². The van der Waals surface area contributed by atoms with E-state index in [0.717, 1.165) is 0 Å². The standard InChI is InChI=1S/C4H2BrF3N4/c5-2-1(4(6,7)8)10-3(9)12-11-2/h(H2,9,10,12). The summed E-state index contributed by atoms with van der Waals surface area (Å²) in [5.41, 5.74) is 3.75. The van der Waals surface area contributed by atoms with E-state index in [0.29, 0.717) is 0 Å². The van der Waals surface area contributed by atoms with Gasteiger partial charge >= 0.3 is 6.18 Å². The molecular formula is C4H2BrF3N4. The Labute approximate surface area is 73.1 Å². The average Bonchev–Trinajstić information content (AvgIpc) is 1.92. The maximum Gasteiger partial charge on any atom is 0.436 e. The predicted octanol–water partition coefficient (Wildman–Crippen LogP) is 1.24. The van der Waals surface area contributed by atoms with Crippen LogP contribution < -0.4 is 5.73 Å². The van der Waals surface area contributed by atoms with Crippen molar-refractivity contribution in [2.45, 2.75) is 6.18 Å². The Morgan fingerprint density at radius 3 is 2.25 bits per heavy atom. The number of nitrogen functional groups attached to an aromatic ring is 1. The maximum absolute atomic E-state index is 12.0. The van der Waals surface area contributed by atoms with E-state index in [4.69, 9.17) is 5.73 Å². The van der Waals surface area contributed by atoms with Crippen LogP contribution in [0.3, 0.4) is 0 Å². The van der Waals surface area contributed by atoms with Gasteiger partial charge in [0.1, 0.15) is 0 Å². The summed E-state index contributed by atoms with van der Waals surface area (Å²) >= 11 is 2.55. The summed E-state index contributed by atoms with van der Waals surface area (Å²) in [5, 5.41) is 6.23. The molecule has 66 valence electrons. The fourth-order valence-electron chi connectivity index (χ4n) is 0.506. The molecule has 4 nitrogen and oxygen atoms in total. The number of nitrogens with zero attached hydrogens (tertiary/aromatic N) is 3. The summed E-state index contributed by atoms with van der Waals surface area (Å²) in [4.78, 5) is 2.98. The van der Waals surface area contributed by atoms with Crippen LogP contribution in [0.15, 0.2) is 4.60 Å². The molecule has 1 rings (SSSR count). The Kier molecular flexibility index (Phi) is 2.18. The van der Waals surface area contributed by atoms with Crippen LogP contribution in [0.25, 0.3) is 0 Å². The van der Waals surface area contributed by atoms with Gasteiger partial charge < -0.3 is 5.73 Å². The van der Waals surface area contributed by atoms with Crippen molar-refractivity contribution in [1.29, 1.82) is 0 Å². The van der Waals surface area contributed by atoms with E-state index in [9.17, 15) is 13.2 Å². The molecule has 0 amide bonds. The summed E-state index contributed by atoms with van der Waals surface area (Å²) < 4.78 is 35.6. The third-order valence-corrected chi connectivity index (χ3v) is 1.46. The van der Waals surface area contributed by atoms with E-state index >= 15 is 0 Å². The molecular weight excluding hydrogens is 241 g/mol. The molecule has 0 spiro atoms. The molecule has 0 aromatic carbocycles. The van der Waals surface area contributed by atoms with Gasteiger partial charge in [0, 0.05) is 0 Å². The molecule has 0 aliphatic heterocycles. The second-order valence-corrected chi connectivity index (χ2v) is 2.56. The molecule has 0 fully saturated rings. The first kappa shape index (κ1) is 9.17. The molecule has 1 aromatic heterocycles. The van der Waals surface area contributed by atoms with Gasteiger partial charge in [0.25, 0.3) is 0 Å². The van der Waals surface area contributed by atoms with Gasteiger partial charge in [0.05, 0.1) is 0 Å². The number of halogens is 4. The molecule has 0 aliphatic rings. The lowest BCUT2D eigenvalue weighted by atomic mass is 10.5. The average molecular weight is 243 g/mol. The second-order valence-electron chi connectivity index (χ2n) is 1.81. The summed E-state index contributed by atoms with van der Waals surface area (Å²) in [6.07, 6.45) is -4.57. The van der Waals surface area contributed by atoms with Gasteiger partial charge in [-0.15, -0.1) is 10.2 Å². The minimum absolute atomic E-state index is 0.468. The molecule has 0 saturated carbocycles. The highest BCUT2D eigenvalue weighted by Gasteiger charge is 2.36. The van der Waals surface area contributed by atoms with Crippen LogP contribution in [0.4, 0.5) is 19.1 Å². The van der Waals surface area contributed by atoms with Gasteiger partial charge in [0.15, 0.2) is 10.3 Å². The molecule has 1 aromatic rings. The van der Waals surface area contributed by atoms with E-state index in [2.05, 4.69) is 31.1 Å². The van der Waals surface area contributed by atoms with E-state index in [1.807, 2.05) is 0 Å². The van der Waals surface area contributed by atoms with Crippen molar-refractivity contribution in [3.63, 3.8) is 0 Å². The van der Waals surface area contributed by atoms with Crippen molar-refractivity contribution in [3.8, 4) is 0 Å². The Bertz CT molecular complexity index is 299. The van der Waals surface area contributed by atoms with Crippen molar-refractivity contribution >= 4 is 21.9 Å². The normalized spacial score (nSPS) is 11.7. The van der Waals surface area contributed by atoms with Crippen LogP contribution in [-0.4, -0.2) is 15.2 Å². The van der Waals surface area contributed by atoms with Crippen LogP contribution in [-0.2, 0) is 6.18 Å². The molecule has 0 atom stereocenters. The zero-order valence-corrected chi connectivity index (χ0v) is 7.02. The van der Waals surface area contributed by atoms with Gasteiger partial charge in [-0.25, -0.2) is 4.98 Å². The third-order valence-electron chi connectivity index (χ3n) is 0.931. The first-order chi connectivity index (χ1) is 5.41. The van der Waals surface area contributed by atoms with Crippen LogP contribution in [0.5, 0.6) is 0 Å². The summed E-state index contributed by atoms with van der Waals surface area (Å²) in [5.74, 6) is -0.509. The number of alkyl halides is 3. The van der Waals surface area contributed by atoms with E-state index < -0.39 is 22.4 Å². The molecule has 0 radical (unpaired) electrons. The topological polar surface area (TPSA) is 64.7 Å². The van der Waals surface area contributed by atoms with Gasteiger partial charge in [-0.3, -0.25) is 0 Å². The second kappa shape index (κ2) is 2.85. The monoisotopic (exact) mass is 242 g/mol. The van der Waals surface area contributed by atoms with Crippen LogP contribution in [0, 0.1) is 0 Å². The third kappa shape index (κ3) is 1.81. The zero-order chi connectivity index (χ0) is 9.35. The SMILES string of the molecule is Nc1nnc(Br)c(C(F)(F)F)n1. The van der Waals surface area contributed by atoms with Gasteiger partial charge in [-0.1, -0.05) is 0 Å². The fraction of sp³-hybridized carbons (Fsp3) is 0.250. The lowest BCUT2D eigenvalue weighted by Crippen LogP contribution is -2.13.